The van der Waals surface area contributed by atoms with Gasteiger partial charge in [0.1, 0.15) is 11.6 Å². The van der Waals surface area contributed by atoms with Crippen LogP contribution in [0.3, 0.4) is 0 Å². The third kappa shape index (κ3) is 2.69. The van der Waals surface area contributed by atoms with Gasteiger partial charge < -0.3 is 4.90 Å². The molecule has 5 atom stereocenters. The molecule has 0 N–H and O–H groups in total. The minimum Gasteiger partial charge on any atom is -0.311 e. The molecule has 30 heavy (non-hydrogen) atoms. The van der Waals surface area contributed by atoms with Gasteiger partial charge in [0.25, 0.3) is 0 Å². The van der Waals surface area contributed by atoms with Crippen LogP contribution in [-0.4, -0.2) is 22.4 Å². The molecule has 0 aromatic heterocycles. The Morgan fingerprint density at radius 1 is 1.10 bits per heavy atom. The second kappa shape index (κ2) is 6.78. The van der Waals surface area contributed by atoms with E-state index in [-0.39, 0.29) is 40.6 Å². The fourth-order valence-electron chi connectivity index (χ4n) is 7.03. The second-order valence-corrected chi connectivity index (χ2v) is 10.5. The number of carbonyl (C=O) groups is 3. The predicted octanol–water partition coefficient (Wildman–Crippen LogP) is 4.95. The van der Waals surface area contributed by atoms with Gasteiger partial charge in [0.15, 0.2) is 0 Å². The third-order valence-electron chi connectivity index (χ3n) is 8.56. The molecule has 1 aromatic carbocycles. The van der Waals surface area contributed by atoms with Crippen molar-refractivity contribution in [3.63, 3.8) is 0 Å². The minimum atomic E-state index is -0.484. The Bertz CT molecular complexity index is 984. The second-order valence-electron chi connectivity index (χ2n) is 10.1. The molecule has 1 heterocycles. The number of Topliss-reactive ketones (excluding diaryl/α,β-unsaturated/α-hetero) is 2. The van der Waals surface area contributed by atoms with Gasteiger partial charge in [-0.05, 0) is 42.7 Å². The first-order chi connectivity index (χ1) is 14.3. The van der Waals surface area contributed by atoms with E-state index < -0.39 is 5.41 Å². The first kappa shape index (κ1) is 20.0. The van der Waals surface area contributed by atoms with Crippen LogP contribution in [0.4, 0.5) is 0 Å². The maximum absolute atomic E-state index is 13.5. The Labute approximate surface area is 182 Å². The molecule has 3 aliphatic carbocycles. The summed E-state index contributed by atoms with van der Waals surface area (Å²) in [6, 6.07) is 7.62. The van der Waals surface area contributed by atoms with Crippen molar-refractivity contribution >= 4 is 29.1 Å². The molecule has 2 saturated carbocycles. The van der Waals surface area contributed by atoms with E-state index in [1.54, 1.807) is 0 Å². The lowest BCUT2D eigenvalue weighted by molar-refractivity contribution is -0.152. The van der Waals surface area contributed by atoms with Gasteiger partial charge in [-0.3, -0.25) is 14.4 Å². The largest absolute Gasteiger partial charge is 0.311 e. The van der Waals surface area contributed by atoms with Gasteiger partial charge in [0.05, 0.1) is 6.54 Å². The average molecular weight is 426 g/mol. The Hall–Kier alpha value is -1.94. The molecule has 1 aromatic rings. The maximum atomic E-state index is 13.5. The molecule has 158 valence electrons. The number of nitrogens with zero attached hydrogens (tertiary/aromatic N) is 1. The molecule has 1 aliphatic heterocycles. The number of amides is 1. The molecule has 1 saturated heterocycles. The molecule has 0 bridgehead atoms. The molecule has 0 radical (unpaired) electrons. The maximum Gasteiger partial charge on any atom is 0.227 e. The molecular weight excluding hydrogens is 398 g/mol. The number of likely N-dealkylation sites (tertiary alicyclic amines) is 1. The lowest BCUT2D eigenvalue weighted by Crippen LogP contribution is -2.57. The molecule has 1 unspecified atom stereocenters. The highest BCUT2D eigenvalue weighted by atomic mass is 35.5. The summed E-state index contributed by atoms with van der Waals surface area (Å²) >= 11 is 6.38. The number of rotatable bonds is 2. The van der Waals surface area contributed by atoms with Crippen molar-refractivity contribution in [2.45, 2.75) is 58.9 Å². The number of carbonyl (C=O) groups excluding carboxylic acids is 3. The molecule has 4 aliphatic rings. The molecular formula is C25H28ClNO3. The van der Waals surface area contributed by atoms with E-state index in [9.17, 15) is 14.4 Å². The highest BCUT2D eigenvalue weighted by molar-refractivity contribution is 6.31. The SMILES string of the molecule is CC12CC(=O)[C@H]3[C@@H](CC=C4N(Cc5ccccc5Cl)C(=O)CC[C@@]43C)[C@@H]1CCC2=O. The van der Waals surface area contributed by atoms with Gasteiger partial charge in [0, 0.05) is 46.7 Å². The molecule has 1 amide bonds. The number of hydrogen-bond acceptors (Lipinski definition) is 3. The number of halogens is 1. The van der Waals surface area contributed by atoms with Crippen LogP contribution >= 0.6 is 11.6 Å². The zero-order valence-corrected chi connectivity index (χ0v) is 18.4. The van der Waals surface area contributed by atoms with Crippen molar-refractivity contribution in [2.24, 2.45) is 28.6 Å². The quantitative estimate of drug-likeness (QED) is 0.673. The third-order valence-corrected chi connectivity index (χ3v) is 8.93. The lowest BCUT2D eigenvalue weighted by atomic mass is 9.49. The Morgan fingerprint density at radius 3 is 2.63 bits per heavy atom. The summed E-state index contributed by atoms with van der Waals surface area (Å²) in [5.74, 6) is 0.945. The van der Waals surface area contributed by atoms with Crippen molar-refractivity contribution in [1.29, 1.82) is 0 Å². The number of allylic oxidation sites excluding steroid dienone is 2. The fourth-order valence-corrected chi connectivity index (χ4v) is 7.23. The Balaban J connectivity index is 1.54. The monoisotopic (exact) mass is 425 g/mol. The zero-order valence-electron chi connectivity index (χ0n) is 17.6. The molecule has 3 fully saturated rings. The lowest BCUT2D eigenvalue weighted by Gasteiger charge is -2.56. The fraction of sp³-hybridized carbons (Fsp3) is 0.560. The number of benzene rings is 1. The van der Waals surface area contributed by atoms with Gasteiger partial charge in [-0.1, -0.05) is 49.7 Å². The molecule has 0 spiro atoms. The smallest absolute Gasteiger partial charge is 0.227 e. The van der Waals surface area contributed by atoms with Gasteiger partial charge in [-0.2, -0.15) is 0 Å². The van der Waals surface area contributed by atoms with Crippen molar-refractivity contribution < 1.29 is 14.4 Å². The van der Waals surface area contributed by atoms with Crippen molar-refractivity contribution in [1.82, 2.24) is 4.90 Å². The van der Waals surface area contributed by atoms with E-state index in [0.717, 1.165) is 24.1 Å². The summed E-state index contributed by atoms with van der Waals surface area (Å²) in [5, 5.41) is 0.654. The summed E-state index contributed by atoms with van der Waals surface area (Å²) in [4.78, 5) is 40.9. The van der Waals surface area contributed by atoms with Crippen molar-refractivity contribution in [3.05, 3.63) is 46.6 Å². The molecule has 4 nitrogen and oxygen atoms in total. The van der Waals surface area contributed by atoms with E-state index in [4.69, 9.17) is 11.6 Å². The number of ketones is 2. The minimum absolute atomic E-state index is 0.0984. The first-order valence-electron chi connectivity index (χ1n) is 11.1. The van der Waals surface area contributed by atoms with Crippen LogP contribution in [0.15, 0.2) is 36.0 Å². The van der Waals surface area contributed by atoms with Crippen LogP contribution < -0.4 is 0 Å². The van der Waals surface area contributed by atoms with Crippen LogP contribution in [-0.2, 0) is 20.9 Å². The van der Waals surface area contributed by atoms with E-state index >= 15 is 0 Å². The highest BCUT2D eigenvalue weighted by Crippen LogP contribution is 2.62. The Morgan fingerprint density at radius 2 is 1.87 bits per heavy atom. The van der Waals surface area contributed by atoms with Crippen LogP contribution in [0.2, 0.25) is 5.02 Å². The number of fused-ring (bicyclic) bond motifs is 5. The van der Waals surface area contributed by atoms with Gasteiger partial charge in [-0.25, -0.2) is 0 Å². The van der Waals surface area contributed by atoms with E-state index in [0.29, 0.717) is 37.3 Å². The molecule has 5 rings (SSSR count). The van der Waals surface area contributed by atoms with Crippen LogP contribution in [0.1, 0.15) is 57.9 Å². The van der Waals surface area contributed by atoms with Crippen LogP contribution in [0, 0.1) is 28.6 Å². The van der Waals surface area contributed by atoms with E-state index in [1.807, 2.05) is 36.1 Å². The summed E-state index contributed by atoms with van der Waals surface area (Å²) < 4.78 is 0. The van der Waals surface area contributed by atoms with Crippen molar-refractivity contribution in [2.75, 3.05) is 0 Å². The summed E-state index contributed by atoms with van der Waals surface area (Å²) in [6.45, 7) is 4.61. The summed E-state index contributed by atoms with van der Waals surface area (Å²) in [5.41, 5.74) is 1.06. The zero-order chi connectivity index (χ0) is 21.3. The predicted molar refractivity (Wildman–Crippen MR) is 114 cm³/mol. The van der Waals surface area contributed by atoms with Gasteiger partial charge >= 0.3 is 0 Å². The first-order valence-corrected chi connectivity index (χ1v) is 11.4. The van der Waals surface area contributed by atoms with Gasteiger partial charge in [-0.15, -0.1) is 0 Å². The normalized spacial score (nSPS) is 38.1. The summed E-state index contributed by atoms with van der Waals surface area (Å²) in [7, 11) is 0. The highest BCUT2D eigenvalue weighted by Gasteiger charge is 2.62. The van der Waals surface area contributed by atoms with E-state index in [1.165, 1.54) is 0 Å². The average Bonchev–Trinajstić information content (AvgIpc) is 3.00. The Kier molecular flexibility index (Phi) is 4.52. The van der Waals surface area contributed by atoms with Crippen LogP contribution in [0.5, 0.6) is 0 Å². The number of piperidine rings is 1. The van der Waals surface area contributed by atoms with Crippen molar-refractivity contribution in [3.8, 4) is 0 Å². The van der Waals surface area contributed by atoms with Gasteiger partial charge in [0.2, 0.25) is 5.91 Å². The molecule has 5 heteroatoms. The summed E-state index contributed by atoms with van der Waals surface area (Å²) in [6.07, 6.45) is 5.95. The topological polar surface area (TPSA) is 54.5 Å². The van der Waals surface area contributed by atoms with Crippen LogP contribution in [0.25, 0.3) is 0 Å². The number of hydrogen-bond donors (Lipinski definition) is 0. The van der Waals surface area contributed by atoms with E-state index in [2.05, 4.69) is 13.0 Å². The standard InChI is InChI=1S/C25H28ClNO3/c1-24-12-11-22(30)27(14-15-5-3-4-6-18(15)26)20(24)9-7-16-17-8-10-21(29)25(17,2)13-19(28)23(16)24/h3-6,9,16-17,23H,7-8,10-14H2,1-2H3/t16-,17-,23+,24-,25?/m0/s1.